The van der Waals surface area contributed by atoms with Gasteiger partial charge in [-0.2, -0.15) is 0 Å². The van der Waals surface area contributed by atoms with Gasteiger partial charge >= 0.3 is 0 Å². The lowest BCUT2D eigenvalue weighted by atomic mass is 10.1. The Labute approximate surface area is 183 Å². The fourth-order valence-electron chi connectivity index (χ4n) is 4.27. The highest BCUT2D eigenvalue weighted by Crippen LogP contribution is 2.21. The van der Waals surface area contributed by atoms with Gasteiger partial charge in [-0.3, -0.25) is 14.4 Å². The van der Waals surface area contributed by atoms with Gasteiger partial charge in [-0.15, -0.1) is 0 Å². The van der Waals surface area contributed by atoms with Crippen LogP contribution in [-0.4, -0.2) is 47.8 Å². The van der Waals surface area contributed by atoms with Crippen molar-refractivity contribution in [3.8, 4) is 0 Å². The second-order valence-corrected chi connectivity index (χ2v) is 8.55. The Bertz CT molecular complexity index is 510. The van der Waals surface area contributed by atoms with Crippen LogP contribution < -0.4 is 10.6 Å². The summed E-state index contributed by atoms with van der Waals surface area (Å²) in [6.07, 6.45) is 13.7. The molecule has 6 heteroatoms. The molecule has 174 valence electrons. The minimum absolute atomic E-state index is 0.00722. The normalized spacial score (nSPS) is 17.0. The van der Waals surface area contributed by atoms with Crippen LogP contribution in [0, 0.1) is 0 Å². The number of amides is 3. The van der Waals surface area contributed by atoms with E-state index in [0.29, 0.717) is 31.8 Å². The third kappa shape index (κ3) is 10.4. The summed E-state index contributed by atoms with van der Waals surface area (Å²) in [4.78, 5) is 38.4. The maximum atomic E-state index is 12.8. The van der Waals surface area contributed by atoms with E-state index in [9.17, 15) is 14.4 Å². The standard InChI is InChI=1S/C24H45N3O3/c1-4-20-16-15-19-27(20)24(30)21(5-2)26-23(29)18-14-12-10-8-7-9-11-13-17-22(28)25-6-3/h20-21H,4-19H2,1-3H3,(H,25,28)(H,26,29)/t20-,21+/m1/s1. The molecule has 1 saturated heterocycles. The number of likely N-dealkylation sites (tertiary alicyclic amines) is 1. The highest BCUT2D eigenvalue weighted by molar-refractivity contribution is 5.88. The molecule has 0 saturated carbocycles. The Balaban J connectivity index is 2.07. The second-order valence-electron chi connectivity index (χ2n) is 8.55. The molecule has 0 aromatic rings. The van der Waals surface area contributed by atoms with E-state index in [0.717, 1.165) is 57.9 Å². The summed E-state index contributed by atoms with van der Waals surface area (Å²) in [5.74, 6) is 0.267. The van der Waals surface area contributed by atoms with Gasteiger partial charge in [0.2, 0.25) is 17.7 Å². The van der Waals surface area contributed by atoms with E-state index >= 15 is 0 Å². The Kier molecular flexibility index (Phi) is 14.2. The minimum Gasteiger partial charge on any atom is -0.356 e. The van der Waals surface area contributed by atoms with Gasteiger partial charge in [0.05, 0.1) is 0 Å². The topological polar surface area (TPSA) is 78.5 Å². The number of hydrogen-bond acceptors (Lipinski definition) is 3. The van der Waals surface area contributed by atoms with Crippen LogP contribution in [0.4, 0.5) is 0 Å². The molecule has 0 aliphatic carbocycles. The summed E-state index contributed by atoms with van der Waals surface area (Å²) in [6, 6.07) is -0.0268. The van der Waals surface area contributed by atoms with E-state index in [4.69, 9.17) is 0 Å². The van der Waals surface area contributed by atoms with Crippen molar-refractivity contribution in [3.63, 3.8) is 0 Å². The van der Waals surface area contributed by atoms with Gasteiger partial charge in [0.15, 0.2) is 0 Å². The summed E-state index contributed by atoms with van der Waals surface area (Å²) in [7, 11) is 0. The molecular weight excluding hydrogens is 378 g/mol. The molecule has 1 heterocycles. The molecule has 0 aromatic carbocycles. The SMILES string of the molecule is CCNC(=O)CCCCCCCCCCC(=O)N[C@@H](CC)C(=O)N1CCC[C@H]1CC. The number of nitrogens with one attached hydrogen (secondary N) is 2. The highest BCUT2D eigenvalue weighted by Gasteiger charge is 2.31. The van der Waals surface area contributed by atoms with Crippen LogP contribution >= 0.6 is 0 Å². The fourth-order valence-corrected chi connectivity index (χ4v) is 4.27. The first-order valence-corrected chi connectivity index (χ1v) is 12.4. The summed E-state index contributed by atoms with van der Waals surface area (Å²) in [5, 5.41) is 5.80. The van der Waals surface area contributed by atoms with E-state index in [1.54, 1.807) is 0 Å². The third-order valence-corrected chi connectivity index (χ3v) is 6.10. The van der Waals surface area contributed by atoms with Gasteiger partial charge in [0.25, 0.3) is 0 Å². The molecule has 1 rings (SSSR count). The molecule has 0 bridgehead atoms. The van der Waals surface area contributed by atoms with Crippen LogP contribution in [0.5, 0.6) is 0 Å². The first-order valence-electron chi connectivity index (χ1n) is 12.4. The lowest BCUT2D eigenvalue weighted by Crippen LogP contribution is -2.49. The maximum absolute atomic E-state index is 12.8. The van der Waals surface area contributed by atoms with Crippen LogP contribution in [0.15, 0.2) is 0 Å². The maximum Gasteiger partial charge on any atom is 0.245 e. The largest absolute Gasteiger partial charge is 0.356 e. The molecule has 2 atom stereocenters. The van der Waals surface area contributed by atoms with Gasteiger partial charge in [0.1, 0.15) is 6.04 Å². The molecule has 6 nitrogen and oxygen atoms in total. The van der Waals surface area contributed by atoms with E-state index < -0.39 is 0 Å². The van der Waals surface area contributed by atoms with E-state index in [2.05, 4.69) is 17.6 Å². The first-order chi connectivity index (χ1) is 14.5. The zero-order valence-electron chi connectivity index (χ0n) is 19.6. The average Bonchev–Trinajstić information content (AvgIpc) is 3.22. The van der Waals surface area contributed by atoms with Crippen molar-refractivity contribution in [1.82, 2.24) is 15.5 Å². The zero-order valence-corrected chi connectivity index (χ0v) is 19.6. The van der Waals surface area contributed by atoms with Crippen LogP contribution in [0.3, 0.4) is 0 Å². The van der Waals surface area contributed by atoms with Crippen molar-refractivity contribution >= 4 is 17.7 Å². The Hall–Kier alpha value is -1.59. The highest BCUT2D eigenvalue weighted by atomic mass is 16.2. The number of hydrogen-bond donors (Lipinski definition) is 2. The Morgan fingerprint density at radius 1 is 0.867 bits per heavy atom. The molecular formula is C24H45N3O3. The van der Waals surface area contributed by atoms with E-state index in [1.807, 2.05) is 18.7 Å². The molecule has 30 heavy (non-hydrogen) atoms. The molecule has 1 aliphatic heterocycles. The summed E-state index contributed by atoms with van der Waals surface area (Å²) >= 11 is 0. The number of unbranched alkanes of at least 4 members (excludes halogenated alkanes) is 7. The molecule has 0 radical (unpaired) electrons. The van der Waals surface area contributed by atoms with Crippen LogP contribution in [0.2, 0.25) is 0 Å². The molecule has 0 spiro atoms. The quantitative estimate of drug-likeness (QED) is 0.363. The summed E-state index contributed by atoms with van der Waals surface area (Å²) in [6.45, 7) is 7.58. The Morgan fingerprint density at radius 2 is 1.43 bits per heavy atom. The monoisotopic (exact) mass is 423 g/mol. The van der Waals surface area contributed by atoms with Crippen molar-refractivity contribution in [1.29, 1.82) is 0 Å². The van der Waals surface area contributed by atoms with E-state index in [-0.39, 0.29) is 23.8 Å². The fraction of sp³-hybridized carbons (Fsp3) is 0.875. The molecule has 3 amide bonds. The smallest absolute Gasteiger partial charge is 0.245 e. The second kappa shape index (κ2) is 16.1. The predicted octanol–water partition coefficient (Wildman–Crippen LogP) is 4.32. The average molecular weight is 424 g/mol. The zero-order chi connectivity index (χ0) is 22.2. The van der Waals surface area contributed by atoms with Gasteiger partial charge in [-0.05, 0) is 45.4 Å². The third-order valence-electron chi connectivity index (χ3n) is 6.10. The minimum atomic E-state index is -0.371. The van der Waals surface area contributed by atoms with Crippen LogP contribution in [0.1, 0.15) is 111 Å². The number of carbonyl (C=O) groups excluding carboxylic acids is 3. The lowest BCUT2D eigenvalue weighted by molar-refractivity contribution is -0.137. The van der Waals surface area contributed by atoms with Gasteiger partial charge in [-0.1, -0.05) is 52.4 Å². The predicted molar refractivity (Wildman–Crippen MR) is 122 cm³/mol. The first kappa shape index (κ1) is 26.4. The van der Waals surface area contributed by atoms with Gasteiger partial charge in [0, 0.05) is 32.0 Å². The number of rotatable bonds is 16. The van der Waals surface area contributed by atoms with E-state index in [1.165, 1.54) is 19.3 Å². The van der Waals surface area contributed by atoms with Gasteiger partial charge < -0.3 is 15.5 Å². The van der Waals surface area contributed by atoms with Crippen LogP contribution in [0.25, 0.3) is 0 Å². The molecule has 2 N–H and O–H groups in total. The molecule has 0 unspecified atom stereocenters. The molecule has 1 aliphatic rings. The van der Waals surface area contributed by atoms with Crippen molar-refractivity contribution in [2.75, 3.05) is 13.1 Å². The lowest BCUT2D eigenvalue weighted by Gasteiger charge is -2.28. The molecule has 1 fully saturated rings. The Morgan fingerprint density at radius 3 is 1.97 bits per heavy atom. The van der Waals surface area contributed by atoms with Crippen molar-refractivity contribution in [2.45, 2.75) is 123 Å². The van der Waals surface area contributed by atoms with Crippen molar-refractivity contribution < 1.29 is 14.4 Å². The van der Waals surface area contributed by atoms with Gasteiger partial charge in [-0.25, -0.2) is 0 Å². The number of carbonyl (C=O) groups is 3. The summed E-state index contributed by atoms with van der Waals surface area (Å²) in [5.41, 5.74) is 0. The van der Waals surface area contributed by atoms with Crippen LogP contribution in [-0.2, 0) is 14.4 Å². The van der Waals surface area contributed by atoms with Crippen molar-refractivity contribution in [2.24, 2.45) is 0 Å². The number of nitrogens with zero attached hydrogens (tertiary/aromatic N) is 1. The summed E-state index contributed by atoms with van der Waals surface area (Å²) < 4.78 is 0. The molecule has 0 aromatic heterocycles. The van der Waals surface area contributed by atoms with Crippen molar-refractivity contribution in [3.05, 3.63) is 0 Å².